The summed E-state index contributed by atoms with van der Waals surface area (Å²) in [6.45, 7) is 1.84. The molecule has 7 heteroatoms. The van der Waals surface area contributed by atoms with Gasteiger partial charge in [0.15, 0.2) is 0 Å². The third-order valence-corrected chi connectivity index (χ3v) is 3.86. The van der Waals surface area contributed by atoms with Crippen molar-refractivity contribution < 1.29 is 14.0 Å². The van der Waals surface area contributed by atoms with Gasteiger partial charge in [-0.15, -0.1) is 0 Å². The highest BCUT2D eigenvalue weighted by atomic mass is 16.3. The van der Waals surface area contributed by atoms with E-state index in [1.54, 1.807) is 20.2 Å². The van der Waals surface area contributed by atoms with Crippen molar-refractivity contribution in [1.82, 2.24) is 15.2 Å². The molecular formula is C19H20N4O3. The van der Waals surface area contributed by atoms with Crippen LogP contribution >= 0.6 is 0 Å². The lowest BCUT2D eigenvalue weighted by molar-refractivity contribution is 0.0822. The zero-order valence-corrected chi connectivity index (χ0v) is 14.8. The van der Waals surface area contributed by atoms with Gasteiger partial charge < -0.3 is 20.0 Å². The van der Waals surface area contributed by atoms with Crippen molar-refractivity contribution in [3.8, 4) is 0 Å². The topological polar surface area (TPSA) is 87.5 Å². The van der Waals surface area contributed by atoms with E-state index >= 15 is 0 Å². The molecule has 1 atom stereocenters. The fourth-order valence-electron chi connectivity index (χ4n) is 2.51. The predicted octanol–water partition coefficient (Wildman–Crippen LogP) is 3.41. The minimum atomic E-state index is -0.396. The number of hydrogen-bond donors (Lipinski definition) is 2. The highest BCUT2D eigenvalue weighted by molar-refractivity contribution is 5.95. The molecule has 26 heavy (non-hydrogen) atoms. The van der Waals surface area contributed by atoms with E-state index in [0.29, 0.717) is 11.4 Å². The molecule has 2 heterocycles. The SMILES string of the molecule is CC(NC(=O)Nc1ccnc(C(=O)N(C)C)c1)c1cc2ccccc2o1. The van der Waals surface area contributed by atoms with Crippen LogP contribution in [0.5, 0.6) is 0 Å². The van der Waals surface area contributed by atoms with Crippen molar-refractivity contribution in [3.63, 3.8) is 0 Å². The van der Waals surface area contributed by atoms with Crippen LogP contribution in [0.15, 0.2) is 53.1 Å². The summed E-state index contributed by atoms with van der Waals surface area (Å²) < 4.78 is 5.76. The van der Waals surface area contributed by atoms with E-state index in [4.69, 9.17) is 4.42 Å². The van der Waals surface area contributed by atoms with Gasteiger partial charge in [0, 0.05) is 31.4 Å². The second-order valence-corrected chi connectivity index (χ2v) is 6.14. The summed E-state index contributed by atoms with van der Waals surface area (Å²) in [4.78, 5) is 29.6. The highest BCUT2D eigenvalue weighted by Gasteiger charge is 2.15. The first kappa shape index (κ1) is 17.5. The first-order valence-corrected chi connectivity index (χ1v) is 8.18. The third kappa shape index (κ3) is 3.83. The van der Waals surface area contributed by atoms with Gasteiger partial charge in [-0.2, -0.15) is 0 Å². The Labute approximate surface area is 151 Å². The molecule has 0 aliphatic carbocycles. The molecule has 3 rings (SSSR count). The van der Waals surface area contributed by atoms with Gasteiger partial charge in [0.05, 0.1) is 6.04 Å². The maximum atomic E-state index is 12.2. The predicted molar refractivity (Wildman–Crippen MR) is 99.0 cm³/mol. The number of amides is 3. The lowest BCUT2D eigenvalue weighted by Crippen LogP contribution is -2.31. The molecule has 7 nitrogen and oxygen atoms in total. The standard InChI is InChI=1S/C19H20N4O3/c1-12(17-10-13-6-4-5-7-16(13)26-17)21-19(25)22-14-8-9-20-15(11-14)18(24)23(2)3/h4-12H,1-3H3,(H2,20,21,22,25). The molecule has 0 saturated carbocycles. The maximum Gasteiger partial charge on any atom is 0.319 e. The summed E-state index contributed by atoms with van der Waals surface area (Å²) in [5, 5.41) is 6.51. The van der Waals surface area contributed by atoms with E-state index in [2.05, 4.69) is 15.6 Å². The summed E-state index contributed by atoms with van der Waals surface area (Å²) in [7, 11) is 3.29. The first-order valence-electron chi connectivity index (χ1n) is 8.18. The van der Waals surface area contributed by atoms with Crippen molar-refractivity contribution in [2.24, 2.45) is 0 Å². The average molecular weight is 352 g/mol. The summed E-state index contributed by atoms with van der Waals surface area (Å²) >= 11 is 0. The Bertz CT molecular complexity index is 916. The van der Waals surface area contributed by atoms with Gasteiger partial charge in [-0.05, 0) is 31.2 Å². The number of pyridine rings is 1. The molecule has 1 aromatic carbocycles. The minimum Gasteiger partial charge on any atom is -0.459 e. The Kier molecular flexibility index (Phi) is 4.88. The van der Waals surface area contributed by atoms with Gasteiger partial charge in [-0.3, -0.25) is 9.78 Å². The molecule has 0 spiro atoms. The van der Waals surface area contributed by atoms with E-state index < -0.39 is 6.03 Å². The molecule has 3 amide bonds. The molecule has 1 unspecified atom stereocenters. The van der Waals surface area contributed by atoms with Crippen molar-refractivity contribution in [1.29, 1.82) is 0 Å². The largest absolute Gasteiger partial charge is 0.459 e. The van der Waals surface area contributed by atoms with Gasteiger partial charge >= 0.3 is 6.03 Å². The molecule has 3 aromatic rings. The molecule has 2 N–H and O–H groups in total. The summed E-state index contributed by atoms with van der Waals surface area (Å²) in [6, 6.07) is 12.0. The van der Waals surface area contributed by atoms with Crippen LogP contribution < -0.4 is 10.6 Å². The van der Waals surface area contributed by atoms with Crippen LogP contribution in [0.25, 0.3) is 11.0 Å². The number of rotatable bonds is 4. The Morgan fingerprint density at radius 1 is 1.15 bits per heavy atom. The lowest BCUT2D eigenvalue weighted by Gasteiger charge is -2.13. The van der Waals surface area contributed by atoms with E-state index in [9.17, 15) is 9.59 Å². The third-order valence-electron chi connectivity index (χ3n) is 3.86. The monoisotopic (exact) mass is 352 g/mol. The number of carbonyl (C=O) groups excluding carboxylic acids is 2. The fourth-order valence-corrected chi connectivity index (χ4v) is 2.51. The molecule has 0 fully saturated rings. The van der Waals surface area contributed by atoms with Crippen LogP contribution in [-0.2, 0) is 0 Å². The van der Waals surface area contributed by atoms with Crippen molar-refractivity contribution >= 4 is 28.6 Å². The number of hydrogen-bond acceptors (Lipinski definition) is 4. The lowest BCUT2D eigenvalue weighted by atomic mass is 10.2. The number of urea groups is 1. The number of carbonyl (C=O) groups is 2. The molecule has 2 aromatic heterocycles. The zero-order chi connectivity index (χ0) is 18.7. The Balaban J connectivity index is 1.66. The van der Waals surface area contributed by atoms with Crippen LogP contribution in [0.2, 0.25) is 0 Å². The zero-order valence-electron chi connectivity index (χ0n) is 14.8. The average Bonchev–Trinajstić information content (AvgIpc) is 3.05. The van der Waals surface area contributed by atoms with E-state index in [-0.39, 0.29) is 17.6 Å². The Morgan fingerprint density at radius 2 is 1.92 bits per heavy atom. The van der Waals surface area contributed by atoms with E-state index in [0.717, 1.165) is 11.0 Å². The highest BCUT2D eigenvalue weighted by Crippen LogP contribution is 2.23. The van der Waals surface area contributed by atoms with Gasteiger partial charge in [-0.1, -0.05) is 18.2 Å². The number of fused-ring (bicyclic) bond motifs is 1. The first-order chi connectivity index (χ1) is 12.4. The van der Waals surface area contributed by atoms with Gasteiger partial charge in [-0.25, -0.2) is 4.79 Å². The smallest absolute Gasteiger partial charge is 0.319 e. The van der Waals surface area contributed by atoms with Crippen molar-refractivity contribution in [2.75, 3.05) is 19.4 Å². The number of benzene rings is 1. The summed E-state index contributed by atoms with van der Waals surface area (Å²) in [6.07, 6.45) is 1.48. The quantitative estimate of drug-likeness (QED) is 0.753. The Morgan fingerprint density at radius 3 is 2.65 bits per heavy atom. The van der Waals surface area contributed by atoms with Gasteiger partial charge in [0.25, 0.3) is 5.91 Å². The minimum absolute atomic E-state index is 0.232. The van der Waals surface area contributed by atoms with Crippen molar-refractivity contribution in [2.45, 2.75) is 13.0 Å². The molecule has 0 aliphatic rings. The number of anilines is 1. The van der Waals surface area contributed by atoms with Crippen LogP contribution in [-0.4, -0.2) is 35.9 Å². The van der Waals surface area contributed by atoms with Gasteiger partial charge in [0.2, 0.25) is 0 Å². The Hall–Kier alpha value is -3.35. The summed E-state index contributed by atoms with van der Waals surface area (Å²) in [5.41, 5.74) is 1.52. The molecular weight excluding hydrogens is 332 g/mol. The van der Waals surface area contributed by atoms with Crippen molar-refractivity contribution in [3.05, 3.63) is 60.1 Å². The number of nitrogens with zero attached hydrogens (tertiary/aromatic N) is 2. The number of aromatic nitrogens is 1. The normalized spacial score (nSPS) is 11.8. The molecule has 0 radical (unpaired) electrons. The maximum absolute atomic E-state index is 12.2. The molecule has 134 valence electrons. The van der Waals surface area contributed by atoms with E-state index in [1.165, 1.54) is 17.2 Å². The van der Waals surface area contributed by atoms with Crippen LogP contribution in [0.4, 0.5) is 10.5 Å². The second-order valence-electron chi connectivity index (χ2n) is 6.14. The number of nitrogens with one attached hydrogen (secondary N) is 2. The number of para-hydroxylation sites is 1. The van der Waals surface area contributed by atoms with Crippen LogP contribution in [0.3, 0.4) is 0 Å². The molecule has 0 bridgehead atoms. The second kappa shape index (κ2) is 7.26. The molecule has 0 aliphatic heterocycles. The fraction of sp³-hybridized carbons (Fsp3) is 0.211. The number of furan rings is 1. The summed E-state index contributed by atoms with van der Waals surface area (Å²) in [5.74, 6) is 0.434. The van der Waals surface area contributed by atoms with E-state index in [1.807, 2.05) is 37.3 Å². The van der Waals surface area contributed by atoms with Crippen LogP contribution in [0.1, 0.15) is 29.2 Å². The molecule has 0 saturated heterocycles. The van der Waals surface area contributed by atoms with Gasteiger partial charge in [0.1, 0.15) is 17.0 Å². The van der Waals surface area contributed by atoms with Crippen LogP contribution in [0, 0.1) is 0 Å².